The minimum Gasteiger partial charge on any atom is -0.506 e. The van der Waals surface area contributed by atoms with Gasteiger partial charge in [-0.25, -0.2) is 0 Å². The highest BCUT2D eigenvalue weighted by Gasteiger charge is 2.21. The highest BCUT2D eigenvalue weighted by atomic mass is 16.3. The fourth-order valence-corrected chi connectivity index (χ4v) is 7.03. The number of nitrogens with two attached hydrogens (primary N) is 1. The number of carbonyl (C=O) groups is 1. The lowest BCUT2D eigenvalue weighted by Gasteiger charge is -2.24. The summed E-state index contributed by atoms with van der Waals surface area (Å²) >= 11 is 0. The second-order valence-electron chi connectivity index (χ2n) is 14.4. The lowest BCUT2D eigenvalue weighted by Crippen LogP contribution is -2.33. The van der Waals surface area contributed by atoms with Gasteiger partial charge in [-0.2, -0.15) is 0 Å². The van der Waals surface area contributed by atoms with Gasteiger partial charge in [0.15, 0.2) is 0 Å². The average molecular weight is 651 g/mol. The van der Waals surface area contributed by atoms with Crippen LogP contribution in [-0.4, -0.2) is 29.0 Å². The zero-order valence-electron chi connectivity index (χ0n) is 31.0. The molecule has 0 heterocycles. The third-order valence-corrected chi connectivity index (χ3v) is 10.1. The average Bonchev–Trinajstić information content (AvgIpc) is 3.09. The predicted octanol–water partition coefficient (Wildman–Crippen LogP) is 13.5. The Labute approximate surface area is 290 Å². The van der Waals surface area contributed by atoms with Crippen molar-refractivity contribution in [3.05, 3.63) is 35.9 Å². The third-order valence-electron chi connectivity index (χ3n) is 10.1. The largest absolute Gasteiger partial charge is 0.506 e. The number of carbonyl (C=O) groups excluding carboxylic acids is 1. The summed E-state index contributed by atoms with van der Waals surface area (Å²) in [4.78, 5) is 15.8. The predicted molar refractivity (Wildman–Crippen MR) is 207 cm³/mol. The van der Waals surface area contributed by atoms with Crippen LogP contribution < -0.4 is 5.73 Å². The molecule has 1 amide bonds. The van der Waals surface area contributed by atoms with Crippen molar-refractivity contribution in [1.82, 2.24) is 4.90 Å². The molecular weight excluding hydrogens is 576 g/mol. The van der Waals surface area contributed by atoms with Crippen molar-refractivity contribution in [2.45, 2.75) is 194 Å². The molecule has 4 heteroatoms. The Morgan fingerprint density at radius 3 is 1.21 bits per heavy atom. The van der Waals surface area contributed by atoms with Crippen molar-refractivity contribution >= 4 is 22.4 Å². The van der Waals surface area contributed by atoms with Crippen molar-refractivity contribution in [3.8, 4) is 5.75 Å². The second-order valence-corrected chi connectivity index (χ2v) is 14.4. The monoisotopic (exact) mass is 651 g/mol. The number of amides is 1. The van der Waals surface area contributed by atoms with Crippen LogP contribution in [0.4, 0.5) is 5.69 Å². The molecule has 0 aliphatic heterocycles. The van der Waals surface area contributed by atoms with E-state index in [4.69, 9.17) is 5.73 Å². The van der Waals surface area contributed by atoms with E-state index in [1.807, 2.05) is 29.2 Å². The number of fused-ring (bicyclic) bond motifs is 1. The van der Waals surface area contributed by atoms with Crippen LogP contribution >= 0.6 is 0 Å². The molecule has 0 saturated carbocycles. The molecule has 0 aromatic heterocycles. The molecule has 2 aromatic carbocycles. The number of anilines is 1. The van der Waals surface area contributed by atoms with Gasteiger partial charge in [-0.3, -0.25) is 4.79 Å². The van der Waals surface area contributed by atoms with Gasteiger partial charge in [0.1, 0.15) is 5.75 Å². The summed E-state index contributed by atoms with van der Waals surface area (Å²) in [7, 11) is 0. The number of unbranched alkanes of at least 4 members (excludes halogenated alkanes) is 26. The van der Waals surface area contributed by atoms with E-state index in [9.17, 15) is 9.90 Å². The first kappa shape index (κ1) is 40.9. The molecule has 0 atom stereocenters. The minimum absolute atomic E-state index is 0.0618. The molecule has 0 spiro atoms. The summed E-state index contributed by atoms with van der Waals surface area (Å²) in [6, 6.07) is 9.24. The van der Waals surface area contributed by atoms with Gasteiger partial charge in [-0.05, 0) is 18.9 Å². The van der Waals surface area contributed by atoms with Gasteiger partial charge in [-0.15, -0.1) is 0 Å². The third kappa shape index (κ3) is 18.2. The summed E-state index contributed by atoms with van der Waals surface area (Å²) in [6.07, 6.45) is 37.1. The van der Waals surface area contributed by atoms with Gasteiger partial charge >= 0.3 is 0 Å². The van der Waals surface area contributed by atoms with Crippen LogP contribution in [0.2, 0.25) is 0 Å². The fourth-order valence-electron chi connectivity index (χ4n) is 7.03. The number of nitrogen functional groups attached to an aromatic ring is 1. The summed E-state index contributed by atoms with van der Waals surface area (Å²) in [5.41, 5.74) is 7.24. The lowest BCUT2D eigenvalue weighted by molar-refractivity contribution is 0.0746. The van der Waals surface area contributed by atoms with E-state index in [2.05, 4.69) is 13.8 Å². The topological polar surface area (TPSA) is 66.6 Å². The highest BCUT2D eigenvalue weighted by Crippen LogP contribution is 2.34. The first-order chi connectivity index (χ1) is 23.1. The molecule has 0 radical (unpaired) electrons. The van der Waals surface area contributed by atoms with Crippen molar-refractivity contribution in [1.29, 1.82) is 0 Å². The van der Waals surface area contributed by atoms with Crippen LogP contribution in [0, 0.1) is 0 Å². The first-order valence-corrected chi connectivity index (χ1v) is 20.4. The number of aromatic hydroxyl groups is 1. The number of nitrogens with zero attached hydrogens (tertiary/aromatic N) is 1. The van der Waals surface area contributed by atoms with E-state index < -0.39 is 0 Å². The molecule has 4 nitrogen and oxygen atoms in total. The Morgan fingerprint density at radius 1 is 0.532 bits per heavy atom. The zero-order valence-corrected chi connectivity index (χ0v) is 31.0. The number of rotatable bonds is 31. The van der Waals surface area contributed by atoms with E-state index in [-0.39, 0.29) is 11.7 Å². The van der Waals surface area contributed by atoms with Crippen molar-refractivity contribution < 1.29 is 9.90 Å². The first-order valence-electron chi connectivity index (χ1n) is 20.4. The number of hydrogen-bond acceptors (Lipinski definition) is 3. The molecule has 0 fully saturated rings. The van der Waals surface area contributed by atoms with Crippen LogP contribution in [0.3, 0.4) is 0 Å². The Balaban J connectivity index is 1.71. The Bertz CT molecular complexity index is 1020. The molecule has 3 N–H and O–H groups in total. The molecule has 2 rings (SSSR count). The summed E-state index contributed by atoms with van der Waals surface area (Å²) < 4.78 is 0. The molecule has 0 aliphatic carbocycles. The lowest BCUT2D eigenvalue weighted by atomic mass is 10.0. The van der Waals surface area contributed by atoms with Crippen molar-refractivity contribution in [3.63, 3.8) is 0 Å². The molecule has 47 heavy (non-hydrogen) atoms. The van der Waals surface area contributed by atoms with Crippen molar-refractivity contribution in [2.75, 3.05) is 18.8 Å². The van der Waals surface area contributed by atoms with E-state index in [0.717, 1.165) is 44.2 Å². The maximum Gasteiger partial charge on any atom is 0.257 e. The molecule has 2 aromatic rings. The number of hydrogen-bond donors (Lipinski definition) is 2. The van der Waals surface area contributed by atoms with Crippen LogP contribution in [0.5, 0.6) is 5.75 Å². The van der Waals surface area contributed by atoms with Gasteiger partial charge in [0.2, 0.25) is 0 Å². The van der Waals surface area contributed by atoms with Gasteiger partial charge in [0.25, 0.3) is 5.91 Å². The normalized spacial score (nSPS) is 11.4. The number of phenols is 1. The van der Waals surface area contributed by atoms with Crippen LogP contribution in [0.1, 0.15) is 204 Å². The van der Waals surface area contributed by atoms with Crippen LogP contribution in [0.25, 0.3) is 10.8 Å². The number of phenolic OH excluding ortho intramolecular Hbond substituents is 1. The van der Waals surface area contributed by atoms with E-state index in [0.29, 0.717) is 16.6 Å². The molecule has 268 valence electrons. The second kappa shape index (κ2) is 27.7. The zero-order chi connectivity index (χ0) is 33.8. The van der Waals surface area contributed by atoms with E-state index >= 15 is 0 Å². The van der Waals surface area contributed by atoms with Gasteiger partial charge in [0.05, 0.1) is 5.56 Å². The smallest absolute Gasteiger partial charge is 0.257 e. The maximum atomic E-state index is 13.8. The van der Waals surface area contributed by atoms with E-state index in [1.165, 1.54) is 154 Å². The van der Waals surface area contributed by atoms with Crippen LogP contribution in [-0.2, 0) is 0 Å². The molecular formula is C43H74N2O2. The van der Waals surface area contributed by atoms with Gasteiger partial charge in [0, 0.05) is 29.5 Å². The molecule has 0 saturated heterocycles. The maximum absolute atomic E-state index is 13.8. The molecule has 0 unspecified atom stereocenters. The quantitative estimate of drug-likeness (QED) is 0.0485. The highest BCUT2D eigenvalue weighted by molar-refractivity contribution is 6.07. The standard InChI is InChI=1S/C43H74N2O2/c1-3-5-7-9-11-13-15-17-19-21-23-25-27-31-35-45(36-32-28-26-24-22-20-18-16-14-12-10-8-6-4-2)43(47)40-37-41(44)38-33-29-30-34-39(38)42(40)46/h29-30,33-34,37,46H,3-28,31-32,35-36,44H2,1-2H3. The van der Waals surface area contributed by atoms with Gasteiger partial charge in [-0.1, -0.05) is 205 Å². The fraction of sp³-hybridized carbons (Fsp3) is 0.744. The Hall–Kier alpha value is -2.23. The number of benzene rings is 2. The minimum atomic E-state index is -0.0793. The summed E-state index contributed by atoms with van der Waals surface area (Å²) in [5.74, 6) is -0.0175. The van der Waals surface area contributed by atoms with Crippen LogP contribution in [0.15, 0.2) is 30.3 Å². The van der Waals surface area contributed by atoms with Crippen molar-refractivity contribution in [2.24, 2.45) is 0 Å². The Morgan fingerprint density at radius 2 is 0.851 bits per heavy atom. The summed E-state index contributed by atoms with van der Waals surface area (Å²) in [5, 5.41) is 12.5. The summed E-state index contributed by atoms with van der Waals surface area (Å²) in [6.45, 7) is 6.07. The molecule has 0 aliphatic rings. The van der Waals surface area contributed by atoms with Gasteiger partial charge < -0.3 is 15.7 Å². The Kier molecular flexibility index (Phi) is 24.1. The molecule has 0 bridgehead atoms. The SMILES string of the molecule is CCCCCCCCCCCCCCCCN(CCCCCCCCCCCCCCCC)C(=O)c1cc(N)c2ccccc2c1O. The van der Waals surface area contributed by atoms with E-state index in [1.54, 1.807) is 6.07 Å².